The van der Waals surface area contributed by atoms with Crippen molar-refractivity contribution in [1.82, 2.24) is 10.4 Å². The van der Waals surface area contributed by atoms with Crippen LogP contribution in [0.2, 0.25) is 0 Å². The quantitative estimate of drug-likeness (QED) is 0.515. The molecule has 0 saturated heterocycles. The van der Waals surface area contributed by atoms with Crippen molar-refractivity contribution in [2.45, 2.75) is 38.8 Å². The molecule has 0 heterocycles. The Kier molecular flexibility index (Phi) is 7.82. The summed E-state index contributed by atoms with van der Waals surface area (Å²) in [6, 6.07) is 7.96. The monoisotopic (exact) mass is 339 g/mol. The van der Waals surface area contributed by atoms with Gasteiger partial charge in [-0.25, -0.2) is 14.6 Å². The Morgan fingerprint density at radius 3 is 2.57 bits per heavy atom. The molecule has 0 spiro atoms. The standard InChI is InChI=1S/C15H21N3O4S/c1-2-3-9-12(13(19)20)18(17-14(16)23)15(21)22-10-11-7-5-4-6-8-11/h4-8,12H,2-3,9-10H2,1H3,(H,19,20)(H3,16,17,23)/t12-/m0/s1. The fraction of sp³-hybridized carbons (Fsp3) is 0.400. The smallest absolute Gasteiger partial charge is 0.429 e. The number of carboxylic acids is 1. The van der Waals surface area contributed by atoms with Crippen molar-refractivity contribution < 1.29 is 19.4 Å². The first-order chi connectivity index (χ1) is 11.0. The minimum absolute atomic E-state index is 0.0231. The molecule has 0 unspecified atom stereocenters. The van der Waals surface area contributed by atoms with Crippen molar-refractivity contribution >= 4 is 29.4 Å². The highest BCUT2D eigenvalue weighted by Crippen LogP contribution is 2.11. The summed E-state index contributed by atoms with van der Waals surface area (Å²) in [6.07, 6.45) is 0.856. The van der Waals surface area contributed by atoms with Gasteiger partial charge in [0.25, 0.3) is 0 Å². The van der Waals surface area contributed by atoms with Crippen LogP contribution in [0.25, 0.3) is 0 Å². The molecule has 4 N–H and O–H groups in total. The largest absolute Gasteiger partial charge is 0.480 e. The summed E-state index contributed by atoms with van der Waals surface area (Å²) in [6.45, 7) is 1.95. The summed E-state index contributed by atoms with van der Waals surface area (Å²) in [5.74, 6) is -1.15. The number of amides is 1. The number of unbranched alkanes of at least 4 members (excludes halogenated alkanes) is 1. The molecule has 8 heteroatoms. The van der Waals surface area contributed by atoms with Crippen molar-refractivity contribution in [1.29, 1.82) is 0 Å². The number of rotatable bonds is 7. The predicted molar refractivity (Wildman–Crippen MR) is 89.3 cm³/mol. The zero-order valence-corrected chi connectivity index (χ0v) is 13.7. The first-order valence-electron chi connectivity index (χ1n) is 7.24. The molecule has 0 aliphatic heterocycles. The zero-order valence-electron chi connectivity index (χ0n) is 12.9. The average Bonchev–Trinajstić information content (AvgIpc) is 2.52. The minimum Gasteiger partial charge on any atom is -0.480 e. The maximum Gasteiger partial charge on any atom is 0.429 e. The van der Waals surface area contributed by atoms with Crippen molar-refractivity contribution in [2.24, 2.45) is 5.73 Å². The summed E-state index contributed by atoms with van der Waals surface area (Å²) < 4.78 is 5.15. The van der Waals surface area contributed by atoms with Gasteiger partial charge in [0, 0.05) is 0 Å². The number of hydrogen-bond acceptors (Lipinski definition) is 4. The molecule has 7 nitrogen and oxygen atoms in total. The van der Waals surface area contributed by atoms with Crippen molar-refractivity contribution in [2.75, 3.05) is 0 Å². The molecular weight excluding hydrogens is 318 g/mol. The van der Waals surface area contributed by atoms with E-state index in [4.69, 9.17) is 22.7 Å². The van der Waals surface area contributed by atoms with Gasteiger partial charge in [-0.1, -0.05) is 50.1 Å². The lowest BCUT2D eigenvalue weighted by molar-refractivity contribution is -0.143. The summed E-state index contributed by atoms with van der Waals surface area (Å²) >= 11 is 4.71. The molecule has 0 saturated carbocycles. The highest BCUT2D eigenvalue weighted by molar-refractivity contribution is 7.80. The molecule has 1 atom stereocenters. The maximum atomic E-state index is 12.2. The molecule has 0 radical (unpaired) electrons. The van der Waals surface area contributed by atoms with Gasteiger partial charge in [0.05, 0.1) is 0 Å². The number of hydrogen-bond donors (Lipinski definition) is 3. The molecule has 1 aromatic rings. The summed E-state index contributed by atoms with van der Waals surface area (Å²) in [7, 11) is 0. The second kappa shape index (κ2) is 9.62. The van der Waals surface area contributed by atoms with Crippen molar-refractivity contribution in [3.8, 4) is 0 Å². The van der Waals surface area contributed by atoms with Gasteiger partial charge >= 0.3 is 12.1 Å². The molecule has 23 heavy (non-hydrogen) atoms. The number of nitrogens with zero attached hydrogens (tertiary/aromatic N) is 1. The maximum absolute atomic E-state index is 12.2. The van der Waals surface area contributed by atoms with Crippen LogP contribution in [-0.4, -0.2) is 33.3 Å². The van der Waals surface area contributed by atoms with Crippen molar-refractivity contribution in [3.63, 3.8) is 0 Å². The predicted octanol–water partition coefficient (Wildman–Crippen LogP) is 2.02. The molecule has 1 amide bonds. The van der Waals surface area contributed by atoms with E-state index in [1.807, 2.05) is 25.1 Å². The van der Waals surface area contributed by atoms with Gasteiger partial charge in [-0.05, 0) is 24.2 Å². The number of carbonyl (C=O) groups excluding carboxylic acids is 1. The molecule has 0 aliphatic carbocycles. The summed E-state index contributed by atoms with van der Waals surface area (Å²) in [5.41, 5.74) is 8.56. The number of ether oxygens (including phenoxy) is 1. The van der Waals surface area contributed by atoms with Crippen LogP contribution >= 0.6 is 12.2 Å². The van der Waals surface area contributed by atoms with E-state index in [1.54, 1.807) is 12.1 Å². The van der Waals surface area contributed by atoms with Crippen LogP contribution in [0, 0.1) is 0 Å². The van der Waals surface area contributed by atoms with Crippen LogP contribution < -0.4 is 11.2 Å². The van der Waals surface area contributed by atoms with E-state index in [0.29, 0.717) is 6.42 Å². The number of thiocarbonyl (C=S) groups is 1. The van der Waals surface area contributed by atoms with Crippen LogP contribution in [0.3, 0.4) is 0 Å². The van der Waals surface area contributed by atoms with Crippen LogP contribution in [0.5, 0.6) is 0 Å². The van der Waals surface area contributed by atoms with Crippen LogP contribution in [0.4, 0.5) is 4.79 Å². The molecule has 0 fully saturated rings. The van der Waals surface area contributed by atoms with Gasteiger partial charge in [-0.3, -0.25) is 5.43 Å². The average molecular weight is 339 g/mol. The van der Waals surface area contributed by atoms with Crippen molar-refractivity contribution in [3.05, 3.63) is 35.9 Å². The van der Waals surface area contributed by atoms with Gasteiger partial charge in [-0.15, -0.1) is 0 Å². The Labute approximate surface area is 140 Å². The molecule has 0 aromatic heterocycles. The van der Waals surface area contributed by atoms with Gasteiger partial charge in [0.15, 0.2) is 11.2 Å². The lowest BCUT2D eigenvalue weighted by atomic mass is 10.1. The van der Waals surface area contributed by atoms with E-state index in [0.717, 1.165) is 17.0 Å². The van der Waals surface area contributed by atoms with E-state index in [2.05, 4.69) is 5.43 Å². The third-order valence-corrected chi connectivity index (χ3v) is 3.15. The fourth-order valence-electron chi connectivity index (χ4n) is 1.92. The third kappa shape index (κ3) is 6.52. The zero-order chi connectivity index (χ0) is 17.2. The number of carbonyl (C=O) groups is 2. The Morgan fingerprint density at radius 1 is 1.39 bits per heavy atom. The van der Waals surface area contributed by atoms with Crippen LogP contribution in [0.15, 0.2) is 30.3 Å². The molecule has 0 bridgehead atoms. The summed E-state index contributed by atoms with van der Waals surface area (Å²) in [4.78, 5) is 23.7. The van der Waals surface area contributed by atoms with E-state index in [9.17, 15) is 14.7 Å². The number of nitrogens with two attached hydrogens (primary N) is 1. The lowest BCUT2D eigenvalue weighted by Crippen LogP contribution is -2.56. The third-order valence-electron chi connectivity index (χ3n) is 3.06. The Hall–Kier alpha value is -2.35. The molecule has 126 valence electrons. The van der Waals surface area contributed by atoms with E-state index in [-0.39, 0.29) is 18.1 Å². The fourth-order valence-corrected chi connectivity index (χ4v) is 2.02. The number of benzene rings is 1. The molecule has 1 aromatic carbocycles. The van der Waals surface area contributed by atoms with Gasteiger partial charge in [0.1, 0.15) is 6.61 Å². The van der Waals surface area contributed by atoms with Gasteiger partial charge in [-0.2, -0.15) is 0 Å². The second-order valence-electron chi connectivity index (χ2n) is 4.88. The number of hydrazine groups is 1. The number of carboxylic acid groups (broad SMARTS) is 1. The van der Waals surface area contributed by atoms with E-state index < -0.39 is 18.1 Å². The normalized spacial score (nSPS) is 11.3. The molecular formula is C15H21N3O4S. The lowest BCUT2D eigenvalue weighted by Gasteiger charge is -2.28. The van der Waals surface area contributed by atoms with Crippen LogP contribution in [0.1, 0.15) is 31.7 Å². The Balaban J connectivity index is 2.79. The number of aliphatic carboxylic acids is 1. The first kappa shape index (κ1) is 18.7. The van der Waals surface area contributed by atoms with E-state index >= 15 is 0 Å². The highest BCUT2D eigenvalue weighted by Gasteiger charge is 2.31. The SMILES string of the molecule is CCCC[C@@H](C(=O)O)N(NC(N)=S)C(=O)OCc1ccccc1. The molecule has 1 rings (SSSR count). The van der Waals surface area contributed by atoms with Crippen LogP contribution in [-0.2, 0) is 16.1 Å². The van der Waals surface area contributed by atoms with Gasteiger partial charge in [0.2, 0.25) is 0 Å². The number of nitrogens with one attached hydrogen (secondary N) is 1. The summed E-state index contributed by atoms with van der Waals surface area (Å²) in [5, 5.41) is 9.98. The Morgan fingerprint density at radius 2 is 2.04 bits per heavy atom. The molecule has 0 aliphatic rings. The second-order valence-corrected chi connectivity index (χ2v) is 5.32. The topological polar surface area (TPSA) is 105 Å². The first-order valence-corrected chi connectivity index (χ1v) is 7.65. The Bertz CT molecular complexity index is 539. The van der Waals surface area contributed by atoms with E-state index in [1.165, 1.54) is 0 Å². The highest BCUT2D eigenvalue weighted by atomic mass is 32.1. The van der Waals surface area contributed by atoms with Gasteiger partial charge < -0.3 is 15.6 Å². The minimum atomic E-state index is -1.15.